The Hall–Kier alpha value is -5.96. The van der Waals surface area contributed by atoms with Crippen LogP contribution in [-0.4, -0.2) is 0 Å². The van der Waals surface area contributed by atoms with Crippen LogP contribution >= 0.6 is 21.6 Å². The van der Waals surface area contributed by atoms with Crippen LogP contribution in [0, 0.1) is 113 Å². The monoisotopic (exact) mass is 468 g/mol. The fraction of sp³-hybridized carbons (Fsp3) is 0. The molecule has 0 spiro atoms. The highest BCUT2D eigenvalue weighted by Gasteiger charge is 2.28. The summed E-state index contributed by atoms with van der Waals surface area (Å²) >= 11 is 0. The van der Waals surface area contributed by atoms with Gasteiger partial charge in [-0.15, -0.1) is 0 Å². The van der Waals surface area contributed by atoms with E-state index in [9.17, 15) is 52.6 Å². The van der Waals surface area contributed by atoms with Gasteiger partial charge in [0.25, 0.3) is 0 Å². The molecule has 2 aromatic carbocycles. The lowest BCUT2D eigenvalue weighted by Gasteiger charge is -2.13. The van der Waals surface area contributed by atoms with Crippen molar-refractivity contribution in [3.63, 3.8) is 0 Å². The van der Waals surface area contributed by atoms with Crippen molar-refractivity contribution in [1.82, 2.24) is 0 Å². The molecule has 0 aliphatic rings. The van der Waals surface area contributed by atoms with Crippen LogP contribution in [-0.2, 0) is 0 Å². The van der Waals surface area contributed by atoms with E-state index in [1.807, 2.05) is 0 Å². The third-order valence-corrected chi connectivity index (χ3v) is 6.72. The Morgan fingerprint density at radius 2 is 0.412 bits per heavy atom. The lowest BCUT2D eigenvalue weighted by molar-refractivity contribution is 1.25. The van der Waals surface area contributed by atoms with Gasteiger partial charge in [-0.3, -0.25) is 0 Å². The Bertz CT molecular complexity index is 1480. The van der Waals surface area contributed by atoms with E-state index in [-0.39, 0.29) is 32.0 Å². The van der Waals surface area contributed by atoms with Crippen molar-refractivity contribution in [3.8, 4) is 60.7 Å². The largest absolute Gasteiger partial charge is 0.192 e. The third kappa shape index (κ3) is 3.63. The first-order chi connectivity index (χ1) is 16.5. The van der Waals surface area contributed by atoms with E-state index in [1.165, 1.54) is 0 Å². The smallest absolute Gasteiger partial charge is 0.102 e. The second-order valence-corrected chi connectivity index (χ2v) is 7.84. The molecule has 0 N–H and O–H groups in total. The van der Waals surface area contributed by atoms with Crippen molar-refractivity contribution in [2.45, 2.75) is 9.79 Å². The summed E-state index contributed by atoms with van der Waals surface area (Å²) in [7, 11) is 1.24. The van der Waals surface area contributed by atoms with Crippen LogP contribution in [0.1, 0.15) is 55.6 Å². The summed E-state index contributed by atoms with van der Waals surface area (Å²) in [6.45, 7) is 0. The van der Waals surface area contributed by atoms with Crippen molar-refractivity contribution in [2.75, 3.05) is 0 Å². The Morgan fingerprint density at radius 3 is 0.559 bits per heavy atom. The molecular weight excluding hydrogens is 468 g/mol. The highest BCUT2D eigenvalue weighted by atomic mass is 33.1. The van der Waals surface area contributed by atoms with Gasteiger partial charge in [0.05, 0.1) is 65.4 Å². The molecule has 0 bridgehead atoms. The molecule has 0 aliphatic carbocycles. The van der Waals surface area contributed by atoms with E-state index < -0.39 is 33.4 Å². The second-order valence-electron chi connectivity index (χ2n) is 5.69. The summed E-state index contributed by atoms with van der Waals surface area (Å²) in [5.74, 6) is 0. The van der Waals surface area contributed by atoms with Crippen molar-refractivity contribution >= 4 is 21.6 Å². The summed E-state index contributed by atoms with van der Waals surface area (Å²) in [5.41, 5.74) is -4.12. The Balaban J connectivity index is 2.96. The molecule has 150 valence electrons. The van der Waals surface area contributed by atoms with Crippen molar-refractivity contribution < 1.29 is 0 Å². The van der Waals surface area contributed by atoms with Gasteiger partial charge in [-0.2, -0.15) is 52.6 Å². The van der Waals surface area contributed by atoms with Gasteiger partial charge in [0.15, 0.2) is 0 Å². The molecule has 0 fully saturated rings. The molecule has 0 radical (unpaired) electrons. The number of nitrogens with zero attached hydrogens (tertiary/aromatic N) is 10. The van der Waals surface area contributed by atoms with Crippen LogP contribution in [0.4, 0.5) is 0 Å². The first-order valence-electron chi connectivity index (χ1n) is 8.31. The zero-order valence-electron chi connectivity index (χ0n) is 16.3. The van der Waals surface area contributed by atoms with Gasteiger partial charge in [-0.1, -0.05) is 0 Å². The van der Waals surface area contributed by atoms with Crippen LogP contribution < -0.4 is 0 Å². The fourth-order valence-electron chi connectivity index (χ4n) is 2.80. The molecule has 0 aliphatic heterocycles. The normalized spacial score (nSPS) is 8.53. The first-order valence-corrected chi connectivity index (χ1v) is 10.5. The maximum absolute atomic E-state index is 9.61. The molecule has 0 aromatic heterocycles. The predicted molar refractivity (Wildman–Crippen MR) is 112 cm³/mol. The minimum Gasteiger partial charge on any atom is -0.192 e. The predicted octanol–water partition coefficient (Wildman–Crippen LogP) is 3.20. The van der Waals surface area contributed by atoms with Gasteiger partial charge in [0, 0.05) is 0 Å². The van der Waals surface area contributed by atoms with Gasteiger partial charge in [-0.25, -0.2) is 0 Å². The van der Waals surface area contributed by atoms with E-state index in [4.69, 9.17) is 0 Å². The first kappa shape index (κ1) is 24.3. The topological polar surface area (TPSA) is 238 Å². The maximum atomic E-state index is 9.61. The Labute approximate surface area is 200 Å². The molecule has 0 saturated carbocycles. The van der Waals surface area contributed by atoms with Gasteiger partial charge >= 0.3 is 0 Å². The summed E-state index contributed by atoms with van der Waals surface area (Å²) in [6, 6.07) is 16.9. The van der Waals surface area contributed by atoms with Gasteiger partial charge < -0.3 is 0 Å². The molecule has 0 amide bonds. The summed E-state index contributed by atoms with van der Waals surface area (Å²) < 4.78 is 0. The number of rotatable bonds is 3. The maximum Gasteiger partial charge on any atom is 0.102 e. The van der Waals surface area contributed by atoms with Crippen LogP contribution in [0.2, 0.25) is 0 Å². The minimum absolute atomic E-state index is 0.184. The average molecular weight is 468 g/mol. The van der Waals surface area contributed by atoms with Crippen molar-refractivity contribution in [1.29, 1.82) is 52.6 Å². The Morgan fingerprint density at radius 1 is 0.265 bits per heavy atom. The molecular formula is C22N10S2. The lowest BCUT2D eigenvalue weighted by atomic mass is 9.94. The number of nitriles is 10. The van der Waals surface area contributed by atoms with Gasteiger partial charge in [0.1, 0.15) is 60.7 Å². The van der Waals surface area contributed by atoms with E-state index in [2.05, 4.69) is 0 Å². The molecule has 0 unspecified atom stereocenters. The zero-order valence-corrected chi connectivity index (χ0v) is 17.9. The van der Waals surface area contributed by atoms with Crippen LogP contribution in [0.5, 0.6) is 0 Å². The molecule has 2 aromatic rings. The minimum atomic E-state index is -0.445. The van der Waals surface area contributed by atoms with Crippen LogP contribution in [0.25, 0.3) is 0 Å². The molecule has 0 heterocycles. The SMILES string of the molecule is N#Cc1c(C#N)c(C#N)c(SSc2c(C#N)c(C#N)c(C#N)c(C#N)c2C#N)c(C#N)c1C#N. The van der Waals surface area contributed by atoms with E-state index in [0.717, 1.165) is 0 Å². The molecule has 2 rings (SSSR count). The number of hydrogen-bond acceptors (Lipinski definition) is 12. The van der Waals surface area contributed by atoms with Crippen molar-refractivity contribution in [2.24, 2.45) is 0 Å². The van der Waals surface area contributed by atoms with Crippen LogP contribution in [0.15, 0.2) is 9.79 Å². The number of benzene rings is 2. The number of hydrogen-bond donors (Lipinski definition) is 0. The molecule has 0 saturated heterocycles. The summed E-state index contributed by atoms with van der Waals surface area (Å²) in [6.07, 6.45) is 0. The molecule has 0 atom stereocenters. The second kappa shape index (κ2) is 10.4. The summed E-state index contributed by atoms with van der Waals surface area (Å²) in [4.78, 5) is -0.368. The zero-order chi connectivity index (χ0) is 25.4. The third-order valence-electron chi connectivity index (χ3n) is 4.23. The fourth-order valence-corrected chi connectivity index (χ4v) is 5.39. The highest BCUT2D eigenvalue weighted by molar-refractivity contribution is 8.76. The molecule has 34 heavy (non-hydrogen) atoms. The average Bonchev–Trinajstić information content (AvgIpc) is 2.88. The lowest BCUT2D eigenvalue weighted by Crippen LogP contribution is -2.03. The van der Waals surface area contributed by atoms with Crippen molar-refractivity contribution in [3.05, 3.63) is 55.6 Å². The Kier molecular flexibility index (Phi) is 7.42. The van der Waals surface area contributed by atoms with Crippen LogP contribution in [0.3, 0.4) is 0 Å². The van der Waals surface area contributed by atoms with E-state index in [0.29, 0.717) is 21.6 Å². The van der Waals surface area contributed by atoms with Gasteiger partial charge in [0.2, 0.25) is 0 Å². The van der Waals surface area contributed by atoms with E-state index in [1.54, 1.807) is 60.7 Å². The summed E-state index contributed by atoms with van der Waals surface area (Å²) in [5, 5.41) is 95.0. The standard InChI is InChI=1S/C22N10S2/c23-1-11-13(3-25)17(7-29)21(18(8-30)14(11)4-26)33-34-22-19(9-31)15(5-27)12(2-24)16(6-28)20(22)10-32. The molecule has 10 nitrogen and oxygen atoms in total. The highest BCUT2D eigenvalue weighted by Crippen LogP contribution is 2.47. The quantitative estimate of drug-likeness (QED) is 0.590. The molecule has 12 heteroatoms. The van der Waals surface area contributed by atoms with Gasteiger partial charge in [-0.05, 0) is 21.6 Å². The van der Waals surface area contributed by atoms with E-state index >= 15 is 0 Å².